The summed E-state index contributed by atoms with van der Waals surface area (Å²) in [6.07, 6.45) is 6.23. The van der Waals surface area contributed by atoms with Gasteiger partial charge in [0.25, 0.3) is 0 Å². The molecule has 2 atom stereocenters. The number of carboxylic acids is 1. The molecule has 7 heteroatoms. The lowest BCUT2D eigenvalue weighted by Crippen LogP contribution is -2.51. The normalized spacial score (nSPS) is 25.4. The van der Waals surface area contributed by atoms with Crippen molar-refractivity contribution in [2.24, 2.45) is 11.8 Å². The highest BCUT2D eigenvalue weighted by Gasteiger charge is 2.35. The van der Waals surface area contributed by atoms with Gasteiger partial charge in [-0.25, -0.2) is 9.59 Å². The predicted octanol–water partition coefficient (Wildman–Crippen LogP) is 1.28. The molecular weight excluding hydrogens is 310 g/mol. The number of nitrogens with zero attached hydrogens (tertiary/aromatic N) is 2. The Morgan fingerprint density at radius 1 is 1.00 bits per heavy atom. The van der Waals surface area contributed by atoms with Gasteiger partial charge in [0.2, 0.25) is 5.91 Å². The fourth-order valence-electron chi connectivity index (χ4n) is 3.67. The molecule has 2 aliphatic heterocycles. The summed E-state index contributed by atoms with van der Waals surface area (Å²) in [7, 11) is 0. The molecule has 0 radical (unpaired) electrons. The van der Waals surface area contributed by atoms with Gasteiger partial charge in [0.05, 0.1) is 5.92 Å². The van der Waals surface area contributed by atoms with Crippen LogP contribution in [0.25, 0.3) is 0 Å². The third kappa shape index (κ3) is 4.19. The zero-order valence-electron chi connectivity index (χ0n) is 14.1. The van der Waals surface area contributed by atoms with Gasteiger partial charge in [-0.2, -0.15) is 0 Å². The third-order valence-corrected chi connectivity index (χ3v) is 5.32. The van der Waals surface area contributed by atoms with Crippen LogP contribution >= 0.6 is 0 Å². The van der Waals surface area contributed by atoms with E-state index in [9.17, 15) is 19.5 Å². The molecule has 0 aromatic heterocycles. The number of urea groups is 1. The molecule has 134 valence electrons. The number of piperidine rings is 1. The van der Waals surface area contributed by atoms with E-state index in [0.29, 0.717) is 31.8 Å². The van der Waals surface area contributed by atoms with Crippen LogP contribution in [0.15, 0.2) is 0 Å². The van der Waals surface area contributed by atoms with Crippen molar-refractivity contribution < 1.29 is 19.5 Å². The number of nitrogens with one attached hydrogen (secondary N) is 1. The molecule has 2 unspecified atom stereocenters. The number of amides is 3. The van der Waals surface area contributed by atoms with Crippen LogP contribution < -0.4 is 5.32 Å². The molecule has 3 aliphatic rings. The molecule has 0 spiro atoms. The summed E-state index contributed by atoms with van der Waals surface area (Å²) in [4.78, 5) is 39.9. The Kier molecular flexibility index (Phi) is 5.26. The molecule has 2 N–H and O–H groups in total. The summed E-state index contributed by atoms with van der Waals surface area (Å²) >= 11 is 0. The minimum atomic E-state index is -0.962. The summed E-state index contributed by atoms with van der Waals surface area (Å²) in [5.41, 5.74) is 0. The molecule has 0 aromatic carbocycles. The Morgan fingerprint density at radius 3 is 2.29 bits per heavy atom. The predicted molar refractivity (Wildman–Crippen MR) is 87.4 cm³/mol. The zero-order valence-corrected chi connectivity index (χ0v) is 14.1. The minimum Gasteiger partial charge on any atom is -0.480 e. The number of hydrogen-bond donors (Lipinski definition) is 2. The van der Waals surface area contributed by atoms with E-state index in [1.54, 1.807) is 4.90 Å². The Balaban J connectivity index is 1.53. The average Bonchev–Trinajstić information content (AvgIpc) is 3.23. The first-order chi connectivity index (χ1) is 11.5. The molecule has 3 fully saturated rings. The van der Waals surface area contributed by atoms with E-state index in [1.807, 2.05) is 4.90 Å². The molecule has 24 heavy (non-hydrogen) atoms. The Labute approximate surface area is 142 Å². The monoisotopic (exact) mass is 337 g/mol. The van der Waals surface area contributed by atoms with Crippen molar-refractivity contribution in [3.63, 3.8) is 0 Å². The van der Waals surface area contributed by atoms with E-state index in [2.05, 4.69) is 5.32 Å². The van der Waals surface area contributed by atoms with Crippen LogP contribution in [0.5, 0.6) is 0 Å². The Morgan fingerprint density at radius 2 is 1.67 bits per heavy atom. The second-order valence-electron chi connectivity index (χ2n) is 7.34. The van der Waals surface area contributed by atoms with Crippen LogP contribution in [0.4, 0.5) is 4.79 Å². The summed E-state index contributed by atoms with van der Waals surface area (Å²) in [5, 5.41) is 12.0. The maximum atomic E-state index is 12.5. The summed E-state index contributed by atoms with van der Waals surface area (Å²) in [5.74, 6) is -1.05. The number of rotatable bonds is 5. The molecule has 3 rings (SSSR count). The first-order valence-electron chi connectivity index (χ1n) is 9.11. The van der Waals surface area contributed by atoms with Crippen molar-refractivity contribution in [3.05, 3.63) is 0 Å². The Bertz CT molecular complexity index is 500. The first kappa shape index (κ1) is 17.0. The zero-order chi connectivity index (χ0) is 17.1. The van der Waals surface area contributed by atoms with Gasteiger partial charge in [-0.3, -0.25) is 4.79 Å². The maximum Gasteiger partial charge on any atom is 0.326 e. The fourth-order valence-corrected chi connectivity index (χ4v) is 3.67. The topological polar surface area (TPSA) is 90.0 Å². The quantitative estimate of drug-likeness (QED) is 0.791. The summed E-state index contributed by atoms with van der Waals surface area (Å²) < 4.78 is 0. The maximum absolute atomic E-state index is 12.5. The van der Waals surface area contributed by atoms with E-state index < -0.39 is 12.0 Å². The molecule has 2 saturated heterocycles. The molecular formula is C17H27N3O4. The molecule has 1 aliphatic carbocycles. The van der Waals surface area contributed by atoms with Crippen LogP contribution in [-0.2, 0) is 9.59 Å². The lowest BCUT2D eigenvalue weighted by molar-refractivity contribution is -0.143. The van der Waals surface area contributed by atoms with Gasteiger partial charge in [-0.15, -0.1) is 0 Å². The van der Waals surface area contributed by atoms with Gasteiger partial charge in [0.15, 0.2) is 0 Å². The van der Waals surface area contributed by atoms with Crippen molar-refractivity contribution in [1.29, 1.82) is 0 Å². The van der Waals surface area contributed by atoms with Crippen LogP contribution in [0.1, 0.15) is 44.9 Å². The lowest BCUT2D eigenvalue weighted by atomic mass is 9.96. The molecule has 1 saturated carbocycles. The molecule has 7 nitrogen and oxygen atoms in total. The fraction of sp³-hybridized carbons (Fsp3) is 0.824. The number of carbonyl (C=O) groups is 3. The second kappa shape index (κ2) is 7.40. The van der Waals surface area contributed by atoms with Crippen molar-refractivity contribution in [2.45, 2.75) is 51.0 Å². The molecule has 3 amide bonds. The largest absolute Gasteiger partial charge is 0.480 e. The van der Waals surface area contributed by atoms with Gasteiger partial charge in [0.1, 0.15) is 6.04 Å². The molecule has 2 heterocycles. The van der Waals surface area contributed by atoms with Crippen molar-refractivity contribution in [2.75, 3.05) is 26.2 Å². The minimum absolute atomic E-state index is 0.0257. The number of carboxylic acid groups (broad SMARTS) is 1. The summed E-state index contributed by atoms with van der Waals surface area (Å²) in [6.45, 7) is 2.68. The van der Waals surface area contributed by atoms with Crippen molar-refractivity contribution in [3.8, 4) is 0 Å². The highest BCUT2D eigenvalue weighted by Crippen LogP contribution is 2.33. The lowest BCUT2D eigenvalue weighted by Gasteiger charge is -2.35. The average molecular weight is 337 g/mol. The standard InChI is InChI=1S/C17H27N3O4/c21-15(18-14(16(22)23)10-12-5-6-12)13-4-3-9-20(11-13)17(24)19-7-1-2-8-19/h12-14H,1-11H2,(H,18,21)(H,22,23). The van der Waals surface area contributed by atoms with Gasteiger partial charge in [-0.05, 0) is 38.0 Å². The molecule has 0 bridgehead atoms. The van der Waals surface area contributed by atoms with Gasteiger partial charge in [0, 0.05) is 26.2 Å². The van der Waals surface area contributed by atoms with Gasteiger partial charge >= 0.3 is 12.0 Å². The SMILES string of the molecule is O=C(NC(CC1CC1)C(=O)O)C1CCCN(C(=O)N2CCCC2)C1. The number of aliphatic carboxylic acids is 1. The second-order valence-corrected chi connectivity index (χ2v) is 7.34. The van der Waals surface area contributed by atoms with E-state index >= 15 is 0 Å². The highest BCUT2D eigenvalue weighted by molar-refractivity contribution is 5.85. The summed E-state index contributed by atoms with van der Waals surface area (Å²) in [6, 6.07) is -0.771. The van der Waals surface area contributed by atoms with Gasteiger partial charge in [-0.1, -0.05) is 12.8 Å². The van der Waals surface area contributed by atoms with E-state index in [4.69, 9.17) is 0 Å². The molecule has 0 aromatic rings. The smallest absolute Gasteiger partial charge is 0.326 e. The van der Waals surface area contributed by atoms with Gasteiger partial charge < -0.3 is 20.2 Å². The first-order valence-corrected chi connectivity index (χ1v) is 9.11. The Hall–Kier alpha value is -1.79. The number of likely N-dealkylation sites (tertiary alicyclic amines) is 2. The van der Waals surface area contributed by atoms with Crippen LogP contribution in [0, 0.1) is 11.8 Å². The highest BCUT2D eigenvalue weighted by atomic mass is 16.4. The van der Waals surface area contributed by atoms with Crippen LogP contribution in [-0.4, -0.2) is 65.0 Å². The number of hydrogen-bond acceptors (Lipinski definition) is 3. The number of carbonyl (C=O) groups excluding carboxylic acids is 2. The van der Waals surface area contributed by atoms with E-state index in [1.165, 1.54) is 0 Å². The van der Waals surface area contributed by atoms with Crippen molar-refractivity contribution >= 4 is 17.9 Å². The third-order valence-electron chi connectivity index (χ3n) is 5.32. The van der Waals surface area contributed by atoms with E-state index in [0.717, 1.165) is 45.2 Å². The van der Waals surface area contributed by atoms with Crippen LogP contribution in [0.3, 0.4) is 0 Å². The van der Waals surface area contributed by atoms with Crippen molar-refractivity contribution in [1.82, 2.24) is 15.1 Å². The van der Waals surface area contributed by atoms with Crippen LogP contribution in [0.2, 0.25) is 0 Å². The van der Waals surface area contributed by atoms with E-state index in [-0.39, 0.29) is 17.9 Å².